The second-order valence-electron chi connectivity index (χ2n) is 8.84. The Morgan fingerprint density at radius 1 is 1.00 bits per heavy atom. The van der Waals surface area contributed by atoms with Crippen molar-refractivity contribution >= 4 is 10.9 Å². The first-order chi connectivity index (χ1) is 15.5. The summed E-state index contributed by atoms with van der Waals surface area (Å²) in [4.78, 5) is 2.39. The van der Waals surface area contributed by atoms with Crippen LogP contribution in [0.2, 0.25) is 0 Å². The van der Waals surface area contributed by atoms with Gasteiger partial charge in [-0.3, -0.25) is 4.90 Å². The third kappa shape index (κ3) is 4.62. The molecule has 0 saturated carbocycles. The number of aromatic nitrogens is 4. The molecule has 32 heavy (non-hydrogen) atoms. The van der Waals surface area contributed by atoms with Crippen molar-refractivity contribution in [3.63, 3.8) is 0 Å². The lowest BCUT2D eigenvalue weighted by Gasteiger charge is -2.32. The number of ether oxygens (including phenoxy) is 1. The number of piperidine rings is 1. The van der Waals surface area contributed by atoms with E-state index in [-0.39, 0.29) is 6.10 Å². The highest BCUT2D eigenvalue weighted by Crippen LogP contribution is 2.31. The van der Waals surface area contributed by atoms with E-state index in [2.05, 4.69) is 19.7 Å². The van der Waals surface area contributed by atoms with E-state index in [1.807, 2.05) is 6.07 Å². The predicted molar refractivity (Wildman–Crippen MR) is 114 cm³/mol. The fourth-order valence-corrected chi connectivity index (χ4v) is 4.86. The minimum atomic E-state index is -4.25. The molecule has 0 unspecified atom stereocenters. The largest absolute Gasteiger partial charge is 0.490 e. The summed E-state index contributed by atoms with van der Waals surface area (Å²) in [5, 5.41) is 9.56. The van der Waals surface area contributed by atoms with Gasteiger partial charge in [0.1, 0.15) is 30.0 Å². The van der Waals surface area contributed by atoms with Gasteiger partial charge in [0.25, 0.3) is 0 Å². The van der Waals surface area contributed by atoms with Crippen LogP contribution in [-0.2, 0) is 26.1 Å². The van der Waals surface area contributed by atoms with Crippen molar-refractivity contribution in [3.8, 4) is 5.75 Å². The highest BCUT2D eigenvalue weighted by atomic mass is 19.4. The lowest BCUT2D eigenvalue weighted by Crippen LogP contribution is -2.38. The van der Waals surface area contributed by atoms with Crippen molar-refractivity contribution in [2.75, 3.05) is 13.1 Å². The van der Waals surface area contributed by atoms with Gasteiger partial charge >= 0.3 is 6.18 Å². The van der Waals surface area contributed by atoms with Gasteiger partial charge in [-0.05, 0) is 43.9 Å². The van der Waals surface area contributed by atoms with Crippen LogP contribution in [0.1, 0.15) is 43.8 Å². The van der Waals surface area contributed by atoms with Crippen molar-refractivity contribution in [1.29, 1.82) is 0 Å². The van der Waals surface area contributed by atoms with Crippen LogP contribution in [0.4, 0.5) is 13.2 Å². The van der Waals surface area contributed by atoms with E-state index in [1.165, 1.54) is 30.0 Å². The summed E-state index contributed by atoms with van der Waals surface area (Å²) in [6.07, 6.45) is 3.67. The molecule has 2 aromatic heterocycles. The topological polar surface area (TPSA) is 48.1 Å². The molecule has 0 bridgehead atoms. The number of alkyl halides is 3. The normalized spacial score (nSPS) is 18.6. The van der Waals surface area contributed by atoms with Crippen molar-refractivity contribution < 1.29 is 17.9 Å². The van der Waals surface area contributed by atoms with Crippen LogP contribution < -0.4 is 4.74 Å². The maximum Gasteiger partial charge on any atom is 0.406 e. The van der Waals surface area contributed by atoms with Gasteiger partial charge in [-0.15, -0.1) is 10.2 Å². The van der Waals surface area contributed by atoms with E-state index in [9.17, 15) is 13.2 Å². The number of fused-ring (bicyclic) bond motifs is 2. The molecule has 2 aliphatic heterocycles. The summed E-state index contributed by atoms with van der Waals surface area (Å²) < 4.78 is 48.3. The number of hydrogen-bond donors (Lipinski definition) is 0. The summed E-state index contributed by atoms with van der Waals surface area (Å²) in [6.45, 7) is 2.62. The van der Waals surface area contributed by atoms with Crippen molar-refractivity contribution in [2.24, 2.45) is 0 Å². The average molecular weight is 448 g/mol. The molecule has 1 fully saturated rings. The Kier molecular flexibility index (Phi) is 5.84. The zero-order valence-electron chi connectivity index (χ0n) is 18.0. The molecule has 0 aliphatic carbocycles. The van der Waals surface area contributed by atoms with Crippen LogP contribution in [-0.4, -0.2) is 49.6 Å². The van der Waals surface area contributed by atoms with Crippen LogP contribution in [0, 0.1) is 0 Å². The van der Waals surface area contributed by atoms with Crippen LogP contribution in [0.3, 0.4) is 0 Å². The summed E-state index contributed by atoms with van der Waals surface area (Å²) in [5.74, 6) is 2.82. The van der Waals surface area contributed by atoms with E-state index < -0.39 is 12.7 Å². The standard InChI is InChI=1S/C23H28F3N5O/c24-23(25,26)16-30-14-10-18-19(30)5-4-6-20(18)32-17-8-12-29(13-9-17)15-22-28-27-21-7-2-1-3-11-31(21)22/h4-6,10,14,17H,1-3,7-9,11-13,15-16H2. The van der Waals surface area contributed by atoms with Crippen molar-refractivity contribution in [2.45, 2.75) is 70.4 Å². The van der Waals surface area contributed by atoms with Crippen molar-refractivity contribution in [1.82, 2.24) is 24.2 Å². The second-order valence-corrected chi connectivity index (χ2v) is 8.84. The van der Waals surface area contributed by atoms with E-state index in [0.29, 0.717) is 11.3 Å². The molecule has 4 heterocycles. The van der Waals surface area contributed by atoms with E-state index >= 15 is 0 Å². The second kappa shape index (κ2) is 8.77. The molecule has 0 N–H and O–H groups in total. The molecule has 0 atom stereocenters. The van der Waals surface area contributed by atoms with Gasteiger partial charge in [-0.1, -0.05) is 12.5 Å². The highest BCUT2D eigenvalue weighted by Gasteiger charge is 2.29. The minimum absolute atomic E-state index is 0.0540. The first-order valence-electron chi connectivity index (χ1n) is 11.4. The van der Waals surface area contributed by atoms with Gasteiger partial charge in [0.2, 0.25) is 0 Å². The van der Waals surface area contributed by atoms with Gasteiger partial charge in [-0.25, -0.2) is 0 Å². The van der Waals surface area contributed by atoms with Gasteiger partial charge in [0.15, 0.2) is 0 Å². The zero-order valence-corrected chi connectivity index (χ0v) is 18.0. The Labute approximate surface area is 185 Å². The molecular weight excluding hydrogens is 419 g/mol. The molecule has 3 aromatic rings. The third-order valence-corrected chi connectivity index (χ3v) is 6.50. The lowest BCUT2D eigenvalue weighted by atomic mass is 10.1. The molecule has 2 aliphatic rings. The average Bonchev–Trinajstić information content (AvgIpc) is 3.24. The van der Waals surface area contributed by atoms with Gasteiger partial charge in [0, 0.05) is 37.6 Å². The van der Waals surface area contributed by atoms with Gasteiger partial charge in [-0.2, -0.15) is 13.2 Å². The monoisotopic (exact) mass is 447 g/mol. The fraction of sp³-hybridized carbons (Fsp3) is 0.565. The fourth-order valence-electron chi connectivity index (χ4n) is 4.86. The number of halogens is 3. The Hall–Kier alpha value is -2.55. The molecule has 1 saturated heterocycles. The van der Waals surface area contributed by atoms with Crippen LogP contribution in [0.5, 0.6) is 5.75 Å². The summed E-state index contributed by atoms with van der Waals surface area (Å²) in [5.41, 5.74) is 0.546. The zero-order chi connectivity index (χ0) is 22.1. The molecule has 0 radical (unpaired) electrons. The van der Waals surface area contributed by atoms with Crippen molar-refractivity contribution in [3.05, 3.63) is 42.1 Å². The maximum absolute atomic E-state index is 12.8. The number of hydrogen-bond acceptors (Lipinski definition) is 4. The number of aryl methyl sites for hydroxylation is 1. The first-order valence-corrected chi connectivity index (χ1v) is 11.4. The SMILES string of the molecule is FC(F)(F)Cn1ccc2c(OC3CCN(Cc4nnc5n4CCCCC5)CC3)cccc21. The molecule has 1 aromatic carbocycles. The van der Waals surface area contributed by atoms with E-state index in [4.69, 9.17) is 4.74 Å². The number of rotatable bonds is 5. The quantitative estimate of drug-likeness (QED) is 0.575. The third-order valence-electron chi connectivity index (χ3n) is 6.50. The van der Waals surface area contributed by atoms with Crippen LogP contribution in [0.15, 0.2) is 30.5 Å². The van der Waals surface area contributed by atoms with E-state index in [1.54, 1.807) is 18.2 Å². The highest BCUT2D eigenvalue weighted by molar-refractivity contribution is 5.86. The molecule has 6 nitrogen and oxygen atoms in total. The molecule has 0 amide bonds. The molecule has 9 heteroatoms. The molecule has 0 spiro atoms. The summed E-state index contributed by atoms with van der Waals surface area (Å²) >= 11 is 0. The molecular formula is C23H28F3N5O. The van der Waals surface area contributed by atoms with E-state index in [0.717, 1.165) is 62.5 Å². The summed E-state index contributed by atoms with van der Waals surface area (Å²) in [6, 6.07) is 7.02. The summed E-state index contributed by atoms with van der Waals surface area (Å²) in [7, 11) is 0. The van der Waals surface area contributed by atoms with Gasteiger partial charge in [0.05, 0.1) is 12.1 Å². The first kappa shape index (κ1) is 21.3. The Morgan fingerprint density at radius 3 is 2.66 bits per heavy atom. The Bertz CT molecular complexity index is 1070. The maximum atomic E-state index is 12.8. The number of likely N-dealkylation sites (tertiary alicyclic amines) is 1. The predicted octanol–water partition coefficient (Wildman–Crippen LogP) is 4.56. The van der Waals surface area contributed by atoms with Gasteiger partial charge < -0.3 is 13.9 Å². The minimum Gasteiger partial charge on any atom is -0.490 e. The van der Waals surface area contributed by atoms with Crippen LogP contribution in [0.25, 0.3) is 10.9 Å². The lowest BCUT2D eigenvalue weighted by molar-refractivity contribution is -0.139. The molecule has 5 rings (SSSR count). The number of benzene rings is 1. The Morgan fingerprint density at radius 2 is 1.84 bits per heavy atom. The number of nitrogens with zero attached hydrogens (tertiary/aromatic N) is 5. The smallest absolute Gasteiger partial charge is 0.406 e. The molecule has 172 valence electrons. The Balaban J connectivity index is 1.20. The van der Waals surface area contributed by atoms with Crippen LogP contribution >= 0.6 is 0 Å².